The van der Waals surface area contributed by atoms with Crippen molar-refractivity contribution in [3.63, 3.8) is 0 Å². The van der Waals surface area contributed by atoms with Gasteiger partial charge in [0.2, 0.25) is 5.95 Å². The van der Waals surface area contributed by atoms with Gasteiger partial charge in [-0.3, -0.25) is 0 Å². The van der Waals surface area contributed by atoms with Crippen LogP contribution >= 0.6 is 15.9 Å². The minimum atomic E-state index is 0.301. The summed E-state index contributed by atoms with van der Waals surface area (Å²) in [6, 6.07) is 7.17. The van der Waals surface area contributed by atoms with E-state index in [0.29, 0.717) is 18.2 Å². The number of nitrogens with one attached hydrogen (secondary N) is 2. The molecule has 2 aromatic rings. The van der Waals surface area contributed by atoms with E-state index in [1.54, 1.807) is 24.5 Å². The van der Waals surface area contributed by atoms with Crippen LogP contribution in [0.4, 0.5) is 5.95 Å². The molecule has 19 heavy (non-hydrogen) atoms. The normalized spacial score (nSPS) is 10.4. The Hall–Kier alpha value is -1.66. The molecule has 0 radical (unpaired) electrons. The van der Waals surface area contributed by atoms with Crippen LogP contribution in [-0.2, 0) is 6.54 Å². The van der Waals surface area contributed by atoms with Crippen LogP contribution in [-0.4, -0.2) is 28.2 Å². The van der Waals surface area contributed by atoms with Crippen LogP contribution in [0, 0.1) is 0 Å². The summed E-state index contributed by atoms with van der Waals surface area (Å²) in [5, 5.41) is 16.0. The van der Waals surface area contributed by atoms with Crippen molar-refractivity contribution in [1.29, 1.82) is 0 Å². The van der Waals surface area contributed by atoms with Crippen LogP contribution < -0.4 is 10.6 Å². The molecule has 100 valence electrons. The van der Waals surface area contributed by atoms with Crippen molar-refractivity contribution < 1.29 is 5.11 Å². The fraction of sp³-hybridized carbons (Fsp3) is 0.231. The van der Waals surface area contributed by atoms with Crippen molar-refractivity contribution in [2.45, 2.75) is 6.54 Å². The molecule has 0 aliphatic rings. The van der Waals surface area contributed by atoms with Crippen LogP contribution in [0.5, 0.6) is 5.75 Å². The topological polar surface area (TPSA) is 70.1 Å². The van der Waals surface area contributed by atoms with E-state index < -0.39 is 0 Å². The van der Waals surface area contributed by atoms with Crippen LogP contribution in [0.3, 0.4) is 0 Å². The third kappa shape index (κ3) is 4.50. The molecule has 0 amide bonds. The molecule has 0 atom stereocenters. The largest absolute Gasteiger partial charge is 0.508 e. The molecule has 0 saturated carbocycles. The summed E-state index contributed by atoms with van der Waals surface area (Å²) < 4.78 is 0.956. The van der Waals surface area contributed by atoms with Gasteiger partial charge in [0.1, 0.15) is 5.75 Å². The zero-order valence-electron chi connectivity index (χ0n) is 10.3. The zero-order chi connectivity index (χ0) is 13.5. The first-order valence-corrected chi connectivity index (χ1v) is 6.74. The Morgan fingerprint density at radius 2 is 1.95 bits per heavy atom. The van der Waals surface area contributed by atoms with Crippen LogP contribution in [0.1, 0.15) is 5.56 Å². The van der Waals surface area contributed by atoms with Gasteiger partial charge in [0, 0.05) is 42.1 Å². The van der Waals surface area contributed by atoms with Gasteiger partial charge in [0.15, 0.2) is 0 Å². The molecule has 0 unspecified atom stereocenters. The van der Waals surface area contributed by atoms with Gasteiger partial charge in [0.05, 0.1) is 0 Å². The van der Waals surface area contributed by atoms with E-state index in [1.807, 2.05) is 12.1 Å². The van der Waals surface area contributed by atoms with Crippen LogP contribution in [0.2, 0.25) is 0 Å². The number of anilines is 1. The Morgan fingerprint density at radius 1 is 1.16 bits per heavy atom. The molecule has 1 heterocycles. The van der Waals surface area contributed by atoms with Crippen LogP contribution in [0.25, 0.3) is 0 Å². The summed E-state index contributed by atoms with van der Waals surface area (Å²) >= 11 is 3.38. The molecule has 0 bridgehead atoms. The van der Waals surface area contributed by atoms with E-state index in [1.165, 1.54) is 0 Å². The summed E-state index contributed by atoms with van der Waals surface area (Å²) in [6.45, 7) is 2.09. The number of aromatic hydroxyl groups is 1. The predicted octanol–water partition coefficient (Wildman–Crippen LogP) is 2.15. The highest BCUT2D eigenvalue weighted by Gasteiger charge is 2.01. The van der Waals surface area contributed by atoms with E-state index in [2.05, 4.69) is 36.5 Å². The van der Waals surface area contributed by atoms with Crippen molar-refractivity contribution in [2.24, 2.45) is 0 Å². The molecule has 0 spiro atoms. The minimum absolute atomic E-state index is 0.301. The number of hydrogen-bond acceptors (Lipinski definition) is 5. The Labute approximate surface area is 120 Å². The lowest BCUT2D eigenvalue weighted by Gasteiger charge is -2.08. The third-order valence-electron chi connectivity index (χ3n) is 2.51. The molecule has 0 aliphatic heterocycles. The Morgan fingerprint density at radius 3 is 2.74 bits per heavy atom. The number of nitrogens with zero attached hydrogens (tertiary/aromatic N) is 2. The summed E-state index contributed by atoms with van der Waals surface area (Å²) in [6.07, 6.45) is 3.39. The van der Waals surface area contributed by atoms with E-state index in [4.69, 9.17) is 0 Å². The Balaban J connectivity index is 1.71. The smallest absolute Gasteiger partial charge is 0.222 e. The summed E-state index contributed by atoms with van der Waals surface area (Å²) in [7, 11) is 0. The minimum Gasteiger partial charge on any atom is -0.508 e. The van der Waals surface area contributed by atoms with Gasteiger partial charge < -0.3 is 15.7 Å². The lowest BCUT2D eigenvalue weighted by molar-refractivity contribution is 0.464. The maximum Gasteiger partial charge on any atom is 0.222 e. The SMILES string of the molecule is Oc1ccc(Br)cc1CNCCNc1ncccn1. The maximum atomic E-state index is 9.67. The predicted molar refractivity (Wildman–Crippen MR) is 78.0 cm³/mol. The third-order valence-corrected chi connectivity index (χ3v) is 3.00. The van der Waals surface area contributed by atoms with Gasteiger partial charge >= 0.3 is 0 Å². The highest BCUT2D eigenvalue weighted by Crippen LogP contribution is 2.21. The number of hydrogen-bond donors (Lipinski definition) is 3. The second-order valence-corrected chi connectivity index (χ2v) is 4.86. The second-order valence-electron chi connectivity index (χ2n) is 3.95. The molecule has 1 aromatic heterocycles. The fourth-order valence-electron chi connectivity index (χ4n) is 1.57. The number of halogens is 1. The molecular formula is C13H15BrN4O. The lowest BCUT2D eigenvalue weighted by Crippen LogP contribution is -2.22. The summed E-state index contributed by atoms with van der Waals surface area (Å²) in [5.41, 5.74) is 0.866. The molecule has 5 nitrogen and oxygen atoms in total. The van der Waals surface area contributed by atoms with Gasteiger partial charge in [-0.15, -0.1) is 0 Å². The Bertz CT molecular complexity index is 521. The molecule has 1 aromatic carbocycles. The molecule has 3 N–H and O–H groups in total. The van der Waals surface area contributed by atoms with Gasteiger partial charge in [-0.2, -0.15) is 0 Å². The first-order valence-electron chi connectivity index (χ1n) is 5.95. The summed E-state index contributed by atoms with van der Waals surface area (Å²) in [4.78, 5) is 8.13. The van der Waals surface area contributed by atoms with Gasteiger partial charge in [-0.25, -0.2) is 9.97 Å². The molecule has 6 heteroatoms. The zero-order valence-corrected chi connectivity index (χ0v) is 11.9. The van der Waals surface area contributed by atoms with Gasteiger partial charge in [0.25, 0.3) is 0 Å². The van der Waals surface area contributed by atoms with Crippen molar-refractivity contribution in [3.8, 4) is 5.75 Å². The molecule has 0 fully saturated rings. The van der Waals surface area contributed by atoms with E-state index >= 15 is 0 Å². The van der Waals surface area contributed by atoms with Crippen molar-refractivity contribution in [1.82, 2.24) is 15.3 Å². The Kier molecular flexibility index (Phi) is 5.11. The molecular weight excluding hydrogens is 308 g/mol. The lowest BCUT2D eigenvalue weighted by atomic mass is 10.2. The number of aromatic nitrogens is 2. The van der Waals surface area contributed by atoms with E-state index in [9.17, 15) is 5.11 Å². The average molecular weight is 323 g/mol. The van der Waals surface area contributed by atoms with E-state index in [0.717, 1.165) is 23.1 Å². The number of phenols is 1. The van der Waals surface area contributed by atoms with Crippen molar-refractivity contribution in [3.05, 3.63) is 46.7 Å². The van der Waals surface area contributed by atoms with Crippen molar-refractivity contribution in [2.75, 3.05) is 18.4 Å². The maximum absolute atomic E-state index is 9.67. The number of rotatable bonds is 6. The molecule has 0 aliphatic carbocycles. The first kappa shape index (κ1) is 13.8. The average Bonchev–Trinajstić information content (AvgIpc) is 2.43. The highest BCUT2D eigenvalue weighted by atomic mass is 79.9. The second kappa shape index (κ2) is 7.06. The number of benzene rings is 1. The monoisotopic (exact) mass is 322 g/mol. The summed E-state index contributed by atoms with van der Waals surface area (Å²) in [5.74, 6) is 0.921. The quantitative estimate of drug-likeness (QED) is 0.711. The van der Waals surface area contributed by atoms with E-state index in [-0.39, 0.29) is 0 Å². The van der Waals surface area contributed by atoms with Crippen LogP contribution in [0.15, 0.2) is 41.1 Å². The molecule has 0 saturated heterocycles. The highest BCUT2D eigenvalue weighted by molar-refractivity contribution is 9.10. The van der Waals surface area contributed by atoms with Gasteiger partial charge in [-0.1, -0.05) is 15.9 Å². The van der Waals surface area contributed by atoms with Crippen molar-refractivity contribution >= 4 is 21.9 Å². The number of phenolic OH excluding ortho intramolecular Hbond substituents is 1. The molecule has 2 rings (SSSR count). The standard InChI is InChI=1S/C13H15BrN4O/c14-11-2-3-12(19)10(8-11)9-15-6-7-18-13-16-4-1-5-17-13/h1-5,8,15,19H,6-7,9H2,(H,16,17,18). The fourth-order valence-corrected chi connectivity index (χ4v) is 1.98. The van der Waals surface area contributed by atoms with Gasteiger partial charge in [-0.05, 0) is 24.3 Å². The first-order chi connectivity index (χ1) is 9.25.